The lowest BCUT2D eigenvalue weighted by atomic mass is 9.89. The number of rotatable bonds is 2. The second-order valence-electron chi connectivity index (χ2n) is 4.82. The van der Waals surface area contributed by atoms with Crippen molar-refractivity contribution in [3.63, 3.8) is 0 Å². The van der Waals surface area contributed by atoms with Gasteiger partial charge < -0.3 is 5.32 Å². The van der Waals surface area contributed by atoms with Crippen LogP contribution in [0, 0.1) is 5.92 Å². The minimum absolute atomic E-state index is 0.628. The maximum absolute atomic E-state index is 3.43. The van der Waals surface area contributed by atoms with Crippen LogP contribution < -0.4 is 5.32 Å². The van der Waals surface area contributed by atoms with Crippen LogP contribution in [0.5, 0.6) is 0 Å². The zero-order valence-electron chi connectivity index (χ0n) is 7.68. The van der Waals surface area contributed by atoms with Crippen molar-refractivity contribution in [2.45, 2.75) is 31.2 Å². The molecule has 2 heterocycles. The van der Waals surface area contributed by atoms with Crippen LogP contribution in [0.2, 0.25) is 0 Å². The van der Waals surface area contributed by atoms with Crippen molar-refractivity contribution in [1.29, 1.82) is 0 Å². The van der Waals surface area contributed by atoms with Crippen molar-refractivity contribution in [2.24, 2.45) is 5.92 Å². The lowest BCUT2D eigenvalue weighted by molar-refractivity contribution is 0.0750. The minimum Gasteiger partial charge on any atom is -0.313 e. The van der Waals surface area contributed by atoms with Gasteiger partial charge in [0.15, 0.2) is 0 Å². The van der Waals surface area contributed by atoms with E-state index in [1.807, 2.05) is 0 Å². The Morgan fingerprint density at radius 3 is 2.75 bits per heavy atom. The molecule has 3 rings (SSSR count). The Hall–Kier alpha value is -0.0800. The molecule has 0 atom stereocenters. The van der Waals surface area contributed by atoms with Gasteiger partial charge >= 0.3 is 0 Å². The molecule has 2 saturated heterocycles. The summed E-state index contributed by atoms with van der Waals surface area (Å²) in [5, 5.41) is 3.43. The first-order valence-corrected chi connectivity index (χ1v) is 5.35. The fourth-order valence-electron chi connectivity index (χ4n) is 2.71. The van der Waals surface area contributed by atoms with Crippen LogP contribution in [0.15, 0.2) is 0 Å². The predicted octanol–water partition coefficient (Wildman–Crippen LogP) is 0.834. The van der Waals surface area contributed by atoms with Crippen molar-refractivity contribution >= 4 is 0 Å². The molecule has 12 heavy (non-hydrogen) atoms. The highest BCUT2D eigenvalue weighted by Crippen LogP contribution is 2.37. The minimum atomic E-state index is 0.628. The molecule has 1 N–H and O–H groups in total. The van der Waals surface area contributed by atoms with Crippen LogP contribution in [0.3, 0.4) is 0 Å². The summed E-state index contributed by atoms with van der Waals surface area (Å²) in [4.78, 5) is 2.77. The van der Waals surface area contributed by atoms with E-state index in [4.69, 9.17) is 0 Å². The number of nitrogens with zero attached hydrogens (tertiary/aromatic N) is 1. The van der Waals surface area contributed by atoms with Crippen molar-refractivity contribution in [2.75, 3.05) is 26.2 Å². The standard InChI is InChI=1S/C10H18N2/c1-4-10(7-11-8-10)12(5-1)6-9-2-3-9/h9,11H,1-8H2. The van der Waals surface area contributed by atoms with Gasteiger partial charge in [-0.25, -0.2) is 0 Å². The summed E-state index contributed by atoms with van der Waals surface area (Å²) >= 11 is 0. The first kappa shape index (κ1) is 7.34. The van der Waals surface area contributed by atoms with Gasteiger partial charge in [0.2, 0.25) is 0 Å². The molecular formula is C10H18N2. The molecule has 1 aliphatic carbocycles. The second kappa shape index (κ2) is 2.46. The topological polar surface area (TPSA) is 15.3 Å². The van der Waals surface area contributed by atoms with E-state index in [9.17, 15) is 0 Å². The van der Waals surface area contributed by atoms with E-state index in [2.05, 4.69) is 10.2 Å². The molecule has 3 fully saturated rings. The van der Waals surface area contributed by atoms with E-state index < -0.39 is 0 Å². The maximum Gasteiger partial charge on any atom is 0.0458 e. The van der Waals surface area contributed by atoms with E-state index in [0.29, 0.717) is 5.54 Å². The van der Waals surface area contributed by atoms with Crippen LogP contribution in [-0.4, -0.2) is 36.6 Å². The number of likely N-dealkylation sites (tertiary alicyclic amines) is 1. The molecule has 0 unspecified atom stereocenters. The number of nitrogens with one attached hydrogen (secondary N) is 1. The van der Waals surface area contributed by atoms with Crippen LogP contribution in [0.4, 0.5) is 0 Å². The molecule has 0 bridgehead atoms. The first-order valence-electron chi connectivity index (χ1n) is 5.35. The Balaban J connectivity index is 1.66. The molecule has 0 amide bonds. The van der Waals surface area contributed by atoms with Crippen molar-refractivity contribution < 1.29 is 0 Å². The Labute approximate surface area is 74.3 Å². The van der Waals surface area contributed by atoms with E-state index >= 15 is 0 Å². The normalized spacial score (nSPS) is 34.0. The van der Waals surface area contributed by atoms with E-state index in [-0.39, 0.29) is 0 Å². The summed E-state index contributed by atoms with van der Waals surface area (Å²) in [5.74, 6) is 1.07. The SMILES string of the molecule is C1CN(CC2CC2)C2(C1)CNC2. The van der Waals surface area contributed by atoms with Crippen molar-refractivity contribution in [1.82, 2.24) is 10.2 Å². The predicted molar refractivity (Wildman–Crippen MR) is 49.1 cm³/mol. The third-order valence-electron chi connectivity index (χ3n) is 3.82. The smallest absolute Gasteiger partial charge is 0.0458 e. The van der Waals surface area contributed by atoms with Gasteiger partial charge in [-0.15, -0.1) is 0 Å². The summed E-state index contributed by atoms with van der Waals surface area (Å²) in [6.07, 6.45) is 5.89. The van der Waals surface area contributed by atoms with Gasteiger partial charge in [0.25, 0.3) is 0 Å². The van der Waals surface area contributed by atoms with Gasteiger partial charge in [0.05, 0.1) is 0 Å². The average molecular weight is 166 g/mol. The quantitative estimate of drug-likeness (QED) is 0.654. The van der Waals surface area contributed by atoms with Crippen LogP contribution in [0.25, 0.3) is 0 Å². The van der Waals surface area contributed by atoms with E-state index in [0.717, 1.165) is 5.92 Å². The van der Waals surface area contributed by atoms with Gasteiger partial charge in [-0.05, 0) is 38.1 Å². The van der Waals surface area contributed by atoms with Crippen LogP contribution in [-0.2, 0) is 0 Å². The third kappa shape index (κ3) is 1.01. The molecule has 0 aromatic rings. The second-order valence-corrected chi connectivity index (χ2v) is 4.82. The van der Waals surface area contributed by atoms with Crippen LogP contribution >= 0.6 is 0 Å². The fraction of sp³-hybridized carbons (Fsp3) is 1.00. The zero-order valence-corrected chi connectivity index (χ0v) is 7.68. The average Bonchev–Trinajstić information content (AvgIpc) is 2.65. The van der Waals surface area contributed by atoms with Crippen molar-refractivity contribution in [3.8, 4) is 0 Å². The lowest BCUT2D eigenvalue weighted by Crippen LogP contribution is -2.66. The van der Waals surface area contributed by atoms with E-state index in [1.54, 1.807) is 0 Å². The molecule has 68 valence electrons. The first-order chi connectivity index (χ1) is 5.89. The fourth-order valence-corrected chi connectivity index (χ4v) is 2.71. The molecule has 2 nitrogen and oxygen atoms in total. The molecule has 0 aromatic heterocycles. The Kier molecular flexibility index (Phi) is 1.50. The highest BCUT2D eigenvalue weighted by Gasteiger charge is 2.46. The molecular weight excluding hydrogens is 148 g/mol. The molecule has 2 heteroatoms. The third-order valence-corrected chi connectivity index (χ3v) is 3.82. The Morgan fingerprint density at radius 2 is 2.17 bits per heavy atom. The Bertz CT molecular complexity index is 182. The number of hydrogen-bond donors (Lipinski definition) is 1. The molecule has 2 aliphatic heterocycles. The summed E-state index contributed by atoms with van der Waals surface area (Å²) in [7, 11) is 0. The number of hydrogen-bond acceptors (Lipinski definition) is 2. The lowest BCUT2D eigenvalue weighted by Gasteiger charge is -2.46. The monoisotopic (exact) mass is 166 g/mol. The van der Waals surface area contributed by atoms with Gasteiger partial charge in [0.1, 0.15) is 0 Å². The van der Waals surface area contributed by atoms with Gasteiger partial charge in [-0.3, -0.25) is 4.90 Å². The Morgan fingerprint density at radius 1 is 1.33 bits per heavy atom. The summed E-state index contributed by atoms with van der Waals surface area (Å²) in [6, 6.07) is 0. The highest BCUT2D eigenvalue weighted by atomic mass is 15.3. The van der Waals surface area contributed by atoms with E-state index in [1.165, 1.54) is 51.9 Å². The molecule has 0 aromatic carbocycles. The molecule has 1 saturated carbocycles. The van der Waals surface area contributed by atoms with Crippen molar-refractivity contribution in [3.05, 3.63) is 0 Å². The summed E-state index contributed by atoms with van der Waals surface area (Å²) in [5.41, 5.74) is 0.628. The molecule has 0 radical (unpaired) electrons. The molecule has 1 spiro atoms. The summed E-state index contributed by atoms with van der Waals surface area (Å²) < 4.78 is 0. The zero-order chi connectivity index (χ0) is 8.02. The summed E-state index contributed by atoms with van der Waals surface area (Å²) in [6.45, 7) is 5.30. The van der Waals surface area contributed by atoms with Gasteiger partial charge in [0, 0.05) is 25.2 Å². The highest BCUT2D eigenvalue weighted by molar-refractivity contribution is 5.06. The maximum atomic E-state index is 3.43. The largest absolute Gasteiger partial charge is 0.313 e. The van der Waals surface area contributed by atoms with Gasteiger partial charge in [-0.1, -0.05) is 0 Å². The molecule has 3 aliphatic rings. The van der Waals surface area contributed by atoms with Crippen LogP contribution in [0.1, 0.15) is 25.7 Å². The van der Waals surface area contributed by atoms with Gasteiger partial charge in [-0.2, -0.15) is 0 Å².